The molecule has 0 aliphatic rings. The monoisotopic (exact) mass is 414 g/mol. The molecule has 0 spiro atoms. The molecule has 1 amide bonds. The van der Waals surface area contributed by atoms with Crippen LogP contribution in [0.25, 0.3) is 0 Å². The zero-order valence-corrected chi connectivity index (χ0v) is 16.3. The van der Waals surface area contributed by atoms with Gasteiger partial charge in [-0.15, -0.1) is 0 Å². The highest BCUT2D eigenvalue weighted by molar-refractivity contribution is 7.99. The van der Waals surface area contributed by atoms with Crippen LogP contribution in [-0.4, -0.2) is 17.9 Å². The molecular weight excluding hydrogens is 400 g/mol. The molecule has 142 valence electrons. The van der Waals surface area contributed by atoms with Crippen LogP contribution in [-0.2, 0) is 0 Å². The summed E-state index contributed by atoms with van der Waals surface area (Å²) in [6.07, 6.45) is 0. The Morgan fingerprint density at radius 1 is 1.07 bits per heavy atom. The van der Waals surface area contributed by atoms with E-state index in [2.05, 4.69) is 5.32 Å². The second-order valence-corrected chi connectivity index (χ2v) is 7.23. The zero-order valence-electron chi connectivity index (χ0n) is 14.7. The number of amides is 1. The van der Waals surface area contributed by atoms with Gasteiger partial charge in [0.1, 0.15) is 5.75 Å². The van der Waals surface area contributed by atoms with Gasteiger partial charge < -0.3 is 10.1 Å². The lowest BCUT2D eigenvalue weighted by Crippen LogP contribution is -2.12. The van der Waals surface area contributed by atoms with E-state index in [1.165, 1.54) is 17.8 Å². The van der Waals surface area contributed by atoms with Crippen LogP contribution in [0.4, 0.5) is 11.4 Å². The minimum Gasteiger partial charge on any atom is -0.497 e. The van der Waals surface area contributed by atoms with Gasteiger partial charge in [-0.1, -0.05) is 23.4 Å². The fraction of sp³-hybridized carbons (Fsp3) is 0.0500. The molecule has 0 heterocycles. The average Bonchev–Trinajstić information content (AvgIpc) is 2.70. The van der Waals surface area contributed by atoms with Crippen molar-refractivity contribution in [2.45, 2.75) is 9.79 Å². The Labute approximate surface area is 170 Å². The Morgan fingerprint density at radius 3 is 2.36 bits per heavy atom. The van der Waals surface area contributed by atoms with Crippen molar-refractivity contribution in [2.75, 3.05) is 12.4 Å². The van der Waals surface area contributed by atoms with Gasteiger partial charge in [0.15, 0.2) is 0 Å². The van der Waals surface area contributed by atoms with Crippen LogP contribution in [0.15, 0.2) is 76.5 Å². The number of nitro groups is 1. The molecular formula is C20H15ClN2O4S. The number of rotatable bonds is 6. The fourth-order valence-corrected chi connectivity index (χ4v) is 3.42. The maximum atomic E-state index is 12.5. The molecule has 0 unspecified atom stereocenters. The maximum absolute atomic E-state index is 12.5. The van der Waals surface area contributed by atoms with Crippen molar-refractivity contribution in [2.24, 2.45) is 0 Å². The largest absolute Gasteiger partial charge is 0.497 e. The van der Waals surface area contributed by atoms with Crippen molar-refractivity contribution in [3.8, 4) is 5.75 Å². The summed E-state index contributed by atoms with van der Waals surface area (Å²) >= 11 is 7.10. The molecule has 1 N–H and O–H groups in total. The predicted octanol–water partition coefficient (Wildman–Crippen LogP) is 5.66. The number of halogens is 1. The van der Waals surface area contributed by atoms with Gasteiger partial charge in [0.25, 0.3) is 11.6 Å². The molecule has 3 aromatic rings. The third kappa shape index (κ3) is 4.82. The first-order valence-corrected chi connectivity index (χ1v) is 9.33. The maximum Gasteiger partial charge on any atom is 0.284 e. The lowest BCUT2D eigenvalue weighted by atomic mass is 10.2. The van der Waals surface area contributed by atoms with Gasteiger partial charge in [0.2, 0.25) is 0 Å². The van der Waals surface area contributed by atoms with Crippen molar-refractivity contribution < 1.29 is 14.5 Å². The molecule has 8 heteroatoms. The topological polar surface area (TPSA) is 81.5 Å². The molecule has 0 saturated carbocycles. The molecule has 3 aromatic carbocycles. The highest BCUT2D eigenvalue weighted by Crippen LogP contribution is 2.36. The number of nitrogens with zero attached hydrogens (tertiary/aromatic N) is 1. The van der Waals surface area contributed by atoms with Gasteiger partial charge in [0.05, 0.1) is 16.9 Å². The summed E-state index contributed by atoms with van der Waals surface area (Å²) in [5, 5.41) is 14.8. The van der Waals surface area contributed by atoms with Crippen molar-refractivity contribution in [1.82, 2.24) is 0 Å². The minimum atomic E-state index is -0.498. The number of nitro benzene ring substituents is 1. The van der Waals surface area contributed by atoms with Gasteiger partial charge in [-0.2, -0.15) is 0 Å². The first-order chi connectivity index (χ1) is 13.5. The van der Waals surface area contributed by atoms with E-state index in [-0.39, 0.29) is 11.3 Å². The molecule has 0 saturated heterocycles. The number of nitrogens with one attached hydrogen (secondary N) is 1. The molecule has 3 rings (SSSR count). The molecule has 28 heavy (non-hydrogen) atoms. The van der Waals surface area contributed by atoms with E-state index in [0.29, 0.717) is 21.4 Å². The third-order valence-electron chi connectivity index (χ3n) is 3.81. The summed E-state index contributed by atoms with van der Waals surface area (Å²) in [6.45, 7) is 0. The molecule has 0 aliphatic carbocycles. The number of carbonyl (C=O) groups excluding carboxylic acids is 1. The van der Waals surface area contributed by atoms with Crippen LogP contribution in [0.3, 0.4) is 0 Å². The molecule has 6 nitrogen and oxygen atoms in total. The van der Waals surface area contributed by atoms with Crippen LogP contribution in [0.2, 0.25) is 5.02 Å². The second-order valence-electron chi connectivity index (χ2n) is 5.68. The standard InChI is InChI=1S/C20H15ClN2O4S/c1-27-16-7-5-15(6-8-16)22-20(24)13-2-11-19(18(12-13)23(25)26)28-17-9-3-14(21)4-10-17/h2-12H,1H3,(H,22,24). The van der Waals surface area contributed by atoms with Crippen LogP contribution in [0.1, 0.15) is 10.4 Å². The first-order valence-electron chi connectivity index (χ1n) is 8.13. The number of hydrogen-bond acceptors (Lipinski definition) is 5. The van der Waals surface area contributed by atoms with E-state index in [4.69, 9.17) is 16.3 Å². The third-order valence-corrected chi connectivity index (χ3v) is 5.13. The summed E-state index contributed by atoms with van der Waals surface area (Å²) in [5.74, 6) is 0.230. The first kappa shape index (κ1) is 19.7. The average molecular weight is 415 g/mol. The van der Waals surface area contributed by atoms with Crippen molar-refractivity contribution in [3.05, 3.63) is 87.4 Å². The van der Waals surface area contributed by atoms with E-state index >= 15 is 0 Å². The summed E-state index contributed by atoms with van der Waals surface area (Å²) in [4.78, 5) is 24.7. The van der Waals surface area contributed by atoms with Gasteiger partial charge >= 0.3 is 0 Å². The van der Waals surface area contributed by atoms with E-state index in [1.54, 1.807) is 67.8 Å². The van der Waals surface area contributed by atoms with Crippen LogP contribution >= 0.6 is 23.4 Å². The van der Waals surface area contributed by atoms with Crippen molar-refractivity contribution in [3.63, 3.8) is 0 Å². The van der Waals surface area contributed by atoms with Crippen LogP contribution < -0.4 is 10.1 Å². The molecule has 0 radical (unpaired) electrons. The molecule has 0 aliphatic heterocycles. The normalized spacial score (nSPS) is 10.4. The molecule has 0 bridgehead atoms. The number of methoxy groups -OCH3 is 1. The van der Waals surface area contributed by atoms with E-state index in [1.807, 2.05) is 0 Å². The van der Waals surface area contributed by atoms with Gasteiger partial charge in [-0.3, -0.25) is 14.9 Å². The minimum absolute atomic E-state index is 0.137. The SMILES string of the molecule is COc1ccc(NC(=O)c2ccc(Sc3ccc(Cl)cc3)c([N+](=O)[O-])c2)cc1. The Balaban J connectivity index is 1.81. The highest BCUT2D eigenvalue weighted by Gasteiger charge is 2.18. The van der Waals surface area contributed by atoms with E-state index < -0.39 is 10.8 Å². The summed E-state index contributed by atoms with van der Waals surface area (Å²) in [7, 11) is 1.55. The van der Waals surface area contributed by atoms with Gasteiger partial charge in [0, 0.05) is 27.2 Å². The highest BCUT2D eigenvalue weighted by atomic mass is 35.5. The molecule has 0 atom stereocenters. The van der Waals surface area contributed by atoms with Gasteiger partial charge in [-0.05, 0) is 60.7 Å². The summed E-state index contributed by atoms with van der Waals surface area (Å²) in [5.41, 5.74) is 0.623. The quantitative estimate of drug-likeness (QED) is 0.415. The van der Waals surface area contributed by atoms with E-state index in [9.17, 15) is 14.9 Å². The second kappa shape index (κ2) is 8.77. The lowest BCUT2D eigenvalue weighted by molar-refractivity contribution is -0.387. The number of anilines is 1. The predicted molar refractivity (Wildman–Crippen MR) is 110 cm³/mol. The zero-order chi connectivity index (χ0) is 20.1. The molecule has 0 aromatic heterocycles. The van der Waals surface area contributed by atoms with Crippen molar-refractivity contribution >= 4 is 40.6 Å². The Hall–Kier alpha value is -3.03. The number of benzene rings is 3. The van der Waals surface area contributed by atoms with Crippen molar-refractivity contribution in [1.29, 1.82) is 0 Å². The lowest BCUT2D eigenvalue weighted by Gasteiger charge is -2.08. The van der Waals surface area contributed by atoms with Crippen LogP contribution in [0, 0.1) is 10.1 Å². The smallest absolute Gasteiger partial charge is 0.284 e. The number of carbonyl (C=O) groups is 1. The molecule has 0 fully saturated rings. The Morgan fingerprint density at radius 2 is 1.75 bits per heavy atom. The van der Waals surface area contributed by atoms with Gasteiger partial charge in [-0.25, -0.2) is 0 Å². The number of hydrogen-bond donors (Lipinski definition) is 1. The van der Waals surface area contributed by atoms with Crippen LogP contribution in [0.5, 0.6) is 5.75 Å². The van der Waals surface area contributed by atoms with E-state index in [0.717, 1.165) is 4.90 Å². The summed E-state index contributed by atoms with van der Waals surface area (Å²) < 4.78 is 5.07. The Bertz CT molecular complexity index is 1010. The Kier molecular flexibility index (Phi) is 6.18. The summed E-state index contributed by atoms with van der Waals surface area (Å²) in [6, 6.07) is 18.2. The number of ether oxygens (including phenoxy) is 1. The fourth-order valence-electron chi connectivity index (χ4n) is 2.39.